The first kappa shape index (κ1) is 13.6. The first-order valence-corrected chi connectivity index (χ1v) is 6.56. The SMILES string of the molecule is O=C(O)c1c(Cl)n(-c2ncns2)c2ncc(F)cc2c1=O. The summed E-state index contributed by atoms with van der Waals surface area (Å²) >= 11 is 6.93. The van der Waals surface area contributed by atoms with Gasteiger partial charge in [-0.3, -0.25) is 9.36 Å². The Bertz CT molecular complexity index is 925. The van der Waals surface area contributed by atoms with Crippen LogP contribution in [-0.4, -0.2) is 30.0 Å². The van der Waals surface area contributed by atoms with Crippen molar-refractivity contribution >= 4 is 40.1 Å². The summed E-state index contributed by atoms with van der Waals surface area (Å²) in [5.74, 6) is -2.28. The van der Waals surface area contributed by atoms with Crippen LogP contribution in [0, 0.1) is 5.82 Å². The molecular formula is C11H4ClFN4O3S. The summed E-state index contributed by atoms with van der Waals surface area (Å²) in [4.78, 5) is 31.1. The summed E-state index contributed by atoms with van der Waals surface area (Å²) in [6.07, 6.45) is 2.14. The van der Waals surface area contributed by atoms with Gasteiger partial charge >= 0.3 is 5.97 Å². The van der Waals surface area contributed by atoms with E-state index in [0.29, 0.717) is 0 Å². The molecule has 7 nitrogen and oxygen atoms in total. The van der Waals surface area contributed by atoms with Crippen LogP contribution >= 0.6 is 23.1 Å². The third kappa shape index (κ3) is 2.06. The van der Waals surface area contributed by atoms with Crippen molar-refractivity contribution < 1.29 is 14.3 Å². The Labute approximate surface area is 124 Å². The van der Waals surface area contributed by atoms with E-state index in [-0.39, 0.29) is 21.3 Å². The molecule has 0 spiro atoms. The smallest absolute Gasteiger partial charge is 0.342 e. The lowest BCUT2D eigenvalue weighted by molar-refractivity contribution is 0.0695. The molecule has 21 heavy (non-hydrogen) atoms. The number of fused-ring (bicyclic) bond motifs is 1. The summed E-state index contributed by atoms with van der Waals surface area (Å²) in [5, 5.41) is 8.80. The third-order valence-corrected chi connectivity index (χ3v) is 3.68. The molecule has 106 valence electrons. The molecule has 0 radical (unpaired) electrons. The van der Waals surface area contributed by atoms with Gasteiger partial charge in [0, 0.05) is 11.5 Å². The highest BCUT2D eigenvalue weighted by atomic mass is 35.5. The van der Waals surface area contributed by atoms with Gasteiger partial charge in [0.15, 0.2) is 5.65 Å². The number of carboxylic acid groups (broad SMARTS) is 1. The topological polar surface area (TPSA) is 98.0 Å². The van der Waals surface area contributed by atoms with Crippen molar-refractivity contribution in [1.82, 2.24) is 18.9 Å². The van der Waals surface area contributed by atoms with E-state index in [2.05, 4.69) is 14.3 Å². The van der Waals surface area contributed by atoms with Gasteiger partial charge in [0.25, 0.3) is 0 Å². The number of aromatic nitrogens is 4. The van der Waals surface area contributed by atoms with E-state index < -0.39 is 22.8 Å². The normalized spacial score (nSPS) is 11.0. The van der Waals surface area contributed by atoms with Crippen LogP contribution in [0.1, 0.15) is 10.4 Å². The van der Waals surface area contributed by atoms with Crippen LogP contribution in [-0.2, 0) is 0 Å². The number of aromatic carboxylic acids is 1. The number of rotatable bonds is 2. The van der Waals surface area contributed by atoms with Crippen molar-refractivity contribution in [2.45, 2.75) is 0 Å². The predicted octanol–water partition coefficient (Wildman–Crippen LogP) is 1.73. The highest BCUT2D eigenvalue weighted by molar-refractivity contribution is 7.08. The quantitative estimate of drug-likeness (QED) is 0.720. The molecule has 0 aromatic carbocycles. The number of pyridine rings is 2. The average molecular weight is 327 g/mol. The van der Waals surface area contributed by atoms with E-state index >= 15 is 0 Å². The molecule has 0 fully saturated rings. The first-order chi connectivity index (χ1) is 10.0. The van der Waals surface area contributed by atoms with E-state index in [9.17, 15) is 14.0 Å². The molecule has 0 aliphatic rings. The second-order valence-corrected chi connectivity index (χ2v) is 5.00. The Balaban J connectivity index is 2.57. The van der Waals surface area contributed by atoms with Gasteiger partial charge in [0.1, 0.15) is 22.9 Å². The Morgan fingerprint density at radius 2 is 2.19 bits per heavy atom. The molecule has 0 unspecified atom stereocenters. The predicted molar refractivity (Wildman–Crippen MR) is 72.7 cm³/mol. The van der Waals surface area contributed by atoms with Crippen molar-refractivity contribution in [2.24, 2.45) is 0 Å². The van der Waals surface area contributed by atoms with E-state index in [1.165, 1.54) is 6.33 Å². The average Bonchev–Trinajstić information content (AvgIpc) is 2.93. The minimum absolute atomic E-state index is 0.00755. The minimum atomic E-state index is -1.52. The number of hydrogen-bond donors (Lipinski definition) is 1. The number of carboxylic acids is 1. The van der Waals surface area contributed by atoms with Gasteiger partial charge in [-0.1, -0.05) is 11.6 Å². The summed E-state index contributed by atoms with van der Waals surface area (Å²) in [6, 6.07) is 0.908. The fourth-order valence-electron chi connectivity index (χ4n) is 1.84. The fourth-order valence-corrected chi connectivity index (χ4v) is 2.76. The van der Waals surface area contributed by atoms with E-state index in [0.717, 1.165) is 28.4 Å². The van der Waals surface area contributed by atoms with Gasteiger partial charge in [0.05, 0.1) is 11.6 Å². The number of hydrogen-bond acceptors (Lipinski definition) is 6. The molecule has 0 saturated carbocycles. The van der Waals surface area contributed by atoms with Crippen LogP contribution in [0.5, 0.6) is 0 Å². The van der Waals surface area contributed by atoms with E-state index in [1.54, 1.807) is 0 Å². The highest BCUT2D eigenvalue weighted by Gasteiger charge is 2.23. The van der Waals surface area contributed by atoms with E-state index in [4.69, 9.17) is 16.7 Å². The van der Waals surface area contributed by atoms with Crippen LogP contribution in [0.3, 0.4) is 0 Å². The summed E-state index contributed by atoms with van der Waals surface area (Å²) in [7, 11) is 0. The van der Waals surface area contributed by atoms with Crippen molar-refractivity contribution in [2.75, 3.05) is 0 Å². The maximum Gasteiger partial charge on any atom is 0.342 e. The second-order valence-electron chi connectivity index (χ2n) is 3.88. The third-order valence-electron chi connectivity index (χ3n) is 2.67. The number of nitrogens with zero attached hydrogens (tertiary/aromatic N) is 4. The Hall–Kier alpha value is -2.39. The maximum absolute atomic E-state index is 13.3. The Morgan fingerprint density at radius 3 is 2.81 bits per heavy atom. The molecule has 3 aromatic rings. The summed E-state index contributed by atoms with van der Waals surface area (Å²) in [5.41, 5.74) is -1.57. The highest BCUT2D eigenvalue weighted by Crippen LogP contribution is 2.25. The Kier molecular flexibility index (Phi) is 3.15. The van der Waals surface area contributed by atoms with Crippen molar-refractivity contribution in [3.8, 4) is 5.13 Å². The molecular weight excluding hydrogens is 323 g/mol. The van der Waals surface area contributed by atoms with Gasteiger partial charge in [0.2, 0.25) is 10.6 Å². The van der Waals surface area contributed by atoms with Crippen molar-refractivity contribution in [1.29, 1.82) is 0 Å². The molecule has 10 heteroatoms. The van der Waals surface area contributed by atoms with Gasteiger partial charge in [-0.2, -0.15) is 4.37 Å². The van der Waals surface area contributed by atoms with Crippen LogP contribution in [0.15, 0.2) is 23.4 Å². The van der Waals surface area contributed by atoms with Crippen LogP contribution < -0.4 is 5.43 Å². The van der Waals surface area contributed by atoms with Crippen molar-refractivity contribution in [3.05, 3.63) is 45.3 Å². The first-order valence-electron chi connectivity index (χ1n) is 5.41. The largest absolute Gasteiger partial charge is 0.477 e. The molecule has 3 aromatic heterocycles. The molecule has 0 atom stereocenters. The Morgan fingerprint density at radius 1 is 1.43 bits per heavy atom. The van der Waals surface area contributed by atoms with Gasteiger partial charge in [-0.25, -0.2) is 19.2 Å². The molecule has 3 heterocycles. The summed E-state index contributed by atoms with van der Waals surface area (Å²) in [6.45, 7) is 0. The monoisotopic (exact) mass is 326 g/mol. The zero-order chi connectivity index (χ0) is 15.1. The lowest BCUT2D eigenvalue weighted by Crippen LogP contribution is -2.21. The zero-order valence-electron chi connectivity index (χ0n) is 9.95. The minimum Gasteiger partial charge on any atom is -0.477 e. The molecule has 0 aliphatic heterocycles. The molecule has 0 saturated heterocycles. The van der Waals surface area contributed by atoms with Gasteiger partial charge in [-0.05, 0) is 6.07 Å². The molecule has 3 rings (SSSR count). The van der Waals surface area contributed by atoms with Crippen molar-refractivity contribution in [3.63, 3.8) is 0 Å². The molecule has 0 aliphatic carbocycles. The molecule has 1 N–H and O–H groups in total. The maximum atomic E-state index is 13.3. The van der Waals surface area contributed by atoms with E-state index in [1.807, 2.05) is 0 Å². The zero-order valence-corrected chi connectivity index (χ0v) is 11.5. The number of halogens is 2. The van der Waals surface area contributed by atoms with Crippen LogP contribution in [0.4, 0.5) is 4.39 Å². The summed E-state index contributed by atoms with van der Waals surface area (Å²) < 4.78 is 18.2. The molecule has 0 amide bonds. The van der Waals surface area contributed by atoms with Crippen LogP contribution in [0.25, 0.3) is 16.2 Å². The number of carbonyl (C=O) groups is 1. The lowest BCUT2D eigenvalue weighted by atomic mass is 10.2. The standard InChI is InChI=1S/C11H4ClFN4O3S/c12-8-6(10(19)20)7(18)5-1-4(13)2-14-9(5)17(8)11-15-3-16-21-11/h1-3H,(H,19,20). The van der Waals surface area contributed by atoms with Gasteiger partial charge in [-0.15, -0.1) is 0 Å². The van der Waals surface area contributed by atoms with Crippen LogP contribution in [0.2, 0.25) is 5.15 Å². The lowest BCUT2D eigenvalue weighted by Gasteiger charge is -2.11. The fraction of sp³-hybridized carbons (Fsp3) is 0. The second kappa shape index (κ2) is 4.86. The molecule has 0 bridgehead atoms. The van der Waals surface area contributed by atoms with Gasteiger partial charge < -0.3 is 5.11 Å².